The third kappa shape index (κ3) is 6.51. The van der Waals surface area contributed by atoms with Crippen LogP contribution in [-0.4, -0.2) is 32.9 Å². The summed E-state index contributed by atoms with van der Waals surface area (Å²) in [4.78, 5) is 6.71. The molecule has 27 heavy (non-hydrogen) atoms. The zero-order chi connectivity index (χ0) is 20.2. The molecule has 0 aliphatic carbocycles. The first-order chi connectivity index (χ1) is 12.6. The standard InChI is InChI=1S/C23H33ClN2Si/c1-8-26(4)16-25-23-12-17(2)21(11-18(23)3)13-19-9-10-20(22(24)14-19)15-27(5,6)7/h9-12,14,16H,8,13,15H2,1-7H3/b25-16-. The Labute approximate surface area is 171 Å². The first-order valence-electron chi connectivity index (χ1n) is 9.71. The van der Waals surface area contributed by atoms with E-state index in [0.29, 0.717) is 0 Å². The number of halogens is 1. The van der Waals surface area contributed by atoms with Gasteiger partial charge in [0.2, 0.25) is 0 Å². The Morgan fingerprint density at radius 2 is 1.74 bits per heavy atom. The third-order valence-electron chi connectivity index (χ3n) is 4.78. The molecule has 2 aromatic carbocycles. The lowest BCUT2D eigenvalue weighted by atomic mass is 9.97. The van der Waals surface area contributed by atoms with E-state index in [2.05, 4.69) is 80.6 Å². The molecule has 0 saturated carbocycles. The Kier molecular flexibility index (Phi) is 7.30. The molecule has 0 atom stereocenters. The topological polar surface area (TPSA) is 15.6 Å². The Balaban J connectivity index is 2.21. The molecule has 0 amide bonds. The fourth-order valence-corrected chi connectivity index (χ4v) is 4.90. The highest BCUT2D eigenvalue weighted by Gasteiger charge is 2.16. The van der Waals surface area contributed by atoms with Gasteiger partial charge < -0.3 is 4.90 Å². The summed E-state index contributed by atoms with van der Waals surface area (Å²) in [6, 6.07) is 12.2. The first kappa shape index (κ1) is 21.7. The molecule has 0 spiro atoms. The highest BCUT2D eigenvalue weighted by Crippen LogP contribution is 2.27. The van der Waals surface area contributed by atoms with Crippen LogP contribution in [-0.2, 0) is 12.5 Å². The third-order valence-corrected chi connectivity index (χ3v) is 6.57. The van der Waals surface area contributed by atoms with Crippen LogP contribution in [0.4, 0.5) is 5.69 Å². The van der Waals surface area contributed by atoms with E-state index in [1.807, 2.05) is 13.4 Å². The fourth-order valence-electron chi connectivity index (χ4n) is 3.07. The number of benzene rings is 2. The molecular formula is C23H33ClN2Si. The van der Waals surface area contributed by atoms with Gasteiger partial charge in [0.1, 0.15) is 0 Å². The van der Waals surface area contributed by atoms with Crippen molar-refractivity contribution in [2.24, 2.45) is 4.99 Å². The molecule has 0 fully saturated rings. The van der Waals surface area contributed by atoms with Gasteiger partial charge in [-0.3, -0.25) is 0 Å². The van der Waals surface area contributed by atoms with Crippen LogP contribution in [0.5, 0.6) is 0 Å². The number of hydrogen-bond donors (Lipinski definition) is 0. The average Bonchev–Trinajstić information content (AvgIpc) is 2.57. The SMILES string of the molecule is CCN(C)/C=N\c1cc(C)c(Cc2ccc(C[Si](C)(C)C)c(Cl)c2)cc1C. The van der Waals surface area contributed by atoms with Crippen LogP contribution < -0.4 is 0 Å². The van der Waals surface area contributed by atoms with Crippen LogP contribution in [0.15, 0.2) is 35.3 Å². The van der Waals surface area contributed by atoms with Gasteiger partial charge in [-0.05, 0) is 73.2 Å². The van der Waals surface area contributed by atoms with E-state index in [9.17, 15) is 0 Å². The van der Waals surface area contributed by atoms with E-state index < -0.39 is 8.07 Å². The summed E-state index contributed by atoms with van der Waals surface area (Å²) in [5.74, 6) is 0. The molecule has 0 aliphatic heterocycles. The fraction of sp³-hybridized carbons (Fsp3) is 0.435. The van der Waals surface area contributed by atoms with Crippen molar-refractivity contribution in [1.29, 1.82) is 0 Å². The molecular weight excluding hydrogens is 368 g/mol. The van der Waals surface area contributed by atoms with Crippen molar-refractivity contribution >= 4 is 31.7 Å². The second-order valence-electron chi connectivity index (χ2n) is 8.72. The summed E-state index contributed by atoms with van der Waals surface area (Å²) >= 11 is 6.58. The Bertz CT molecular complexity index is 822. The van der Waals surface area contributed by atoms with Crippen LogP contribution in [0.1, 0.15) is 34.7 Å². The molecule has 146 valence electrons. The number of hydrogen-bond acceptors (Lipinski definition) is 1. The molecule has 0 saturated heterocycles. The smallest absolute Gasteiger partial charge is 0.0909 e. The van der Waals surface area contributed by atoms with Crippen LogP contribution in [0, 0.1) is 13.8 Å². The minimum Gasteiger partial charge on any atom is -0.366 e. The average molecular weight is 401 g/mol. The van der Waals surface area contributed by atoms with Crippen molar-refractivity contribution in [3.05, 3.63) is 63.2 Å². The van der Waals surface area contributed by atoms with E-state index in [4.69, 9.17) is 11.6 Å². The molecule has 0 bridgehead atoms. The first-order valence-corrected chi connectivity index (χ1v) is 13.8. The van der Waals surface area contributed by atoms with Crippen LogP contribution in [0.25, 0.3) is 0 Å². The summed E-state index contributed by atoms with van der Waals surface area (Å²) in [7, 11) is 0.873. The van der Waals surface area contributed by atoms with Crippen molar-refractivity contribution in [1.82, 2.24) is 4.90 Å². The molecule has 2 rings (SSSR count). The maximum atomic E-state index is 6.58. The predicted octanol–water partition coefficient (Wildman–Crippen LogP) is 6.58. The lowest BCUT2D eigenvalue weighted by Crippen LogP contribution is -2.24. The zero-order valence-electron chi connectivity index (χ0n) is 17.9. The van der Waals surface area contributed by atoms with Gasteiger partial charge in [0, 0.05) is 26.7 Å². The quantitative estimate of drug-likeness (QED) is 0.291. The number of aryl methyl sites for hydroxylation is 2. The van der Waals surface area contributed by atoms with Gasteiger partial charge in [-0.1, -0.05) is 49.4 Å². The van der Waals surface area contributed by atoms with Gasteiger partial charge >= 0.3 is 0 Å². The number of nitrogens with zero attached hydrogens (tertiary/aromatic N) is 2. The highest BCUT2D eigenvalue weighted by molar-refractivity contribution is 6.75. The molecule has 0 N–H and O–H groups in total. The second kappa shape index (κ2) is 9.07. The molecule has 4 heteroatoms. The second-order valence-corrected chi connectivity index (χ2v) is 14.6. The van der Waals surface area contributed by atoms with Gasteiger partial charge in [-0.25, -0.2) is 4.99 Å². The van der Waals surface area contributed by atoms with Crippen LogP contribution in [0.2, 0.25) is 24.7 Å². The molecule has 2 aromatic rings. The zero-order valence-corrected chi connectivity index (χ0v) is 19.6. The highest BCUT2D eigenvalue weighted by atomic mass is 35.5. The lowest BCUT2D eigenvalue weighted by Gasteiger charge is -2.17. The minimum atomic E-state index is -1.16. The molecule has 0 aromatic heterocycles. The van der Waals surface area contributed by atoms with E-state index in [1.54, 1.807) is 0 Å². The number of rotatable bonds is 7. The molecule has 2 nitrogen and oxygen atoms in total. The molecule has 0 heterocycles. The van der Waals surface area contributed by atoms with Crippen molar-refractivity contribution in [3.63, 3.8) is 0 Å². The summed E-state index contributed by atoms with van der Waals surface area (Å²) in [5, 5.41) is 0.910. The predicted molar refractivity (Wildman–Crippen MR) is 124 cm³/mol. The number of aliphatic imine (C=N–C) groups is 1. The Morgan fingerprint density at radius 3 is 2.33 bits per heavy atom. The summed E-state index contributed by atoms with van der Waals surface area (Å²) in [6.07, 6.45) is 2.80. The van der Waals surface area contributed by atoms with E-state index in [1.165, 1.54) is 27.8 Å². The summed E-state index contributed by atoms with van der Waals surface area (Å²) in [6.45, 7) is 14.5. The molecule has 0 radical (unpaired) electrons. The summed E-state index contributed by atoms with van der Waals surface area (Å²) in [5.41, 5.74) is 7.41. The van der Waals surface area contributed by atoms with Gasteiger partial charge in [0.05, 0.1) is 12.0 Å². The molecule has 0 aliphatic rings. The maximum Gasteiger partial charge on any atom is 0.0909 e. The van der Waals surface area contributed by atoms with Crippen LogP contribution >= 0.6 is 11.6 Å². The van der Waals surface area contributed by atoms with Crippen molar-refractivity contribution in [2.75, 3.05) is 13.6 Å². The van der Waals surface area contributed by atoms with Crippen LogP contribution in [0.3, 0.4) is 0 Å². The maximum absolute atomic E-state index is 6.58. The minimum absolute atomic E-state index is 0.901. The monoisotopic (exact) mass is 400 g/mol. The normalized spacial score (nSPS) is 12.0. The van der Waals surface area contributed by atoms with E-state index in [-0.39, 0.29) is 0 Å². The van der Waals surface area contributed by atoms with Gasteiger partial charge in [0.15, 0.2) is 0 Å². The van der Waals surface area contributed by atoms with Gasteiger partial charge in [-0.15, -0.1) is 0 Å². The van der Waals surface area contributed by atoms with Crippen molar-refractivity contribution < 1.29 is 0 Å². The Hall–Kier alpha value is -1.58. The lowest BCUT2D eigenvalue weighted by molar-refractivity contribution is 0.552. The van der Waals surface area contributed by atoms with E-state index in [0.717, 1.165) is 29.7 Å². The molecule has 0 unspecified atom stereocenters. The van der Waals surface area contributed by atoms with Gasteiger partial charge in [-0.2, -0.15) is 0 Å². The van der Waals surface area contributed by atoms with E-state index >= 15 is 0 Å². The van der Waals surface area contributed by atoms with Gasteiger partial charge in [0.25, 0.3) is 0 Å². The van der Waals surface area contributed by atoms with Crippen molar-refractivity contribution in [3.8, 4) is 0 Å². The van der Waals surface area contributed by atoms with Crippen molar-refractivity contribution in [2.45, 2.75) is 52.9 Å². The Morgan fingerprint density at radius 1 is 1.04 bits per heavy atom. The summed E-state index contributed by atoms with van der Waals surface area (Å²) < 4.78 is 0. The largest absolute Gasteiger partial charge is 0.366 e.